The van der Waals surface area contributed by atoms with Crippen LogP contribution >= 0.6 is 11.8 Å². The van der Waals surface area contributed by atoms with Crippen LogP contribution in [0.25, 0.3) is 0 Å². The zero-order valence-electron chi connectivity index (χ0n) is 18.6. The van der Waals surface area contributed by atoms with Crippen LogP contribution in [0.15, 0.2) is 65.6 Å². The molecule has 2 aromatic carbocycles. The number of hydrogen-bond donors (Lipinski definition) is 0. The summed E-state index contributed by atoms with van der Waals surface area (Å²) in [5.74, 6) is -0.543. The smallest absolute Gasteiger partial charge is 0.309 e. The molecule has 1 atom stereocenters. The molecular formula is C25H30N2O4S. The van der Waals surface area contributed by atoms with Crippen LogP contribution < -0.4 is 0 Å². The second-order valence-electron chi connectivity index (χ2n) is 7.82. The first-order chi connectivity index (χ1) is 15.5. The number of piperidine rings is 1. The number of amides is 2. The Morgan fingerprint density at radius 2 is 1.62 bits per heavy atom. The molecule has 2 aromatic rings. The molecule has 1 unspecified atom stereocenters. The summed E-state index contributed by atoms with van der Waals surface area (Å²) in [4.78, 5) is 42.4. The van der Waals surface area contributed by atoms with Gasteiger partial charge in [0.1, 0.15) is 5.25 Å². The highest BCUT2D eigenvalue weighted by molar-refractivity contribution is 8.00. The van der Waals surface area contributed by atoms with Gasteiger partial charge in [-0.05, 0) is 37.5 Å². The van der Waals surface area contributed by atoms with Crippen molar-refractivity contribution in [3.05, 3.63) is 66.2 Å². The summed E-state index contributed by atoms with van der Waals surface area (Å²) in [6, 6.07) is 19.4. The van der Waals surface area contributed by atoms with Gasteiger partial charge in [0.25, 0.3) is 0 Å². The van der Waals surface area contributed by atoms with E-state index in [2.05, 4.69) is 0 Å². The van der Waals surface area contributed by atoms with Gasteiger partial charge in [0.15, 0.2) is 0 Å². The number of carbonyl (C=O) groups excluding carboxylic acids is 3. The van der Waals surface area contributed by atoms with Gasteiger partial charge in [0.2, 0.25) is 11.8 Å². The lowest BCUT2D eigenvalue weighted by Gasteiger charge is -2.32. The van der Waals surface area contributed by atoms with Crippen molar-refractivity contribution >= 4 is 29.5 Å². The number of likely N-dealkylation sites (N-methyl/N-ethyl adjacent to an activating group) is 1. The minimum absolute atomic E-state index is 0.0155. The minimum Gasteiger partial charge on any atom is -0.466 e. The van der Waals surface area contributed by atoms with Crippen LogP contribution in [0.1, 0.15) is 30.6 Å². The first-order valence-electron chi connectivity index (χ1n) is 11.0. The molecule has 0 spiro atoms. The standard InChI is InChI=1S/C25H30N2O4S/c1-3-31-25(30)20-14-16-27(17-15-20)22(28)18-26(2)24(29)23(19-10-6-4-7-11-19)32-21-12-8-5-9-13-21/h4-13,20,23H,3,14-18H2,1-2H3. The van der Waals surface area contributed by atoms with E-state index in [9.17, 15) is 14.4 Å². The van der Waals surface area contributed by atoms with Crippen molar-refractivity contribution in [2.24, 2.45) is 5.92 Å². The fourth-order valence-corrected chi connectivity index (χ4v) is 4.89. The summed E-state index contributed by atoms with van der Waals surface area (Å²) in [6.45, 7) is 3.19. The number of esters is 1. The van der Waals surface area contributed by atoms with E-state index >= 15 is 0 Å². The Bertz CT molecular complexity index is 899. The molecule has 3 rings (SSSR count). The summed E-state index contributed by atoms with van der Waals surface area (Å²) in [5.41, 5.74) is 0.904. The van der Waals surface area contributed by atoms with Crippen LogP contribution in [0, 0.1) is 5.92 Å². The first-order valence-corrected chi connectivity index (χ1v) is 11.8. The highest BCUT2D eigenvalue weighted by Gasteiger charge is 2.31. The number of ether oxygens (including phenoxy) is 1. The van der Waals surface area contributed by atoms with Gasteiger partial charge in [0, 0.05) is 25.0 Å². The topological polar surface area (TPSA) is 66.9 Å². The Kier molecular flexibility index (Phi) is 8.73. The van der Waals surface area contributed by atoms with E-state index in [1.807, 2.05) is 60.7 Å². The molecule has 0 aliphatic carbocycles. The van der Waals surface area contributed by atoms with Gasteiger partial charge in [-0.3, -0.25) is 14.4 Å². The molecule has 1 aliphatic heterocycles. The molecule has 0 radical (unpaired) electrons. The third kappa shape index (κ3) is 6.36. The van der Waals surface area contributed by atoms with Gasteiger partial charge in [-0.2, -0.15) is 0 Å². The molecule has 0 N–H and O–H groups in total. The number of rotatable bonds is 8. The van der Waals surface area contributed by atoms with Crippen molar-refractivity contribution in [3.63, 3.8) is 0 Å². The molecule has 1 aliphatic rings. The normalized spacial score (nSPS) is 15.1. The van der Waals surface area contributed by atoms with E-state index in [0.29, 0.717) is 32.5 Å². The third-order valence-electron chi connectivity index (χ3n) is 5.54. The van der Waals surface area contributed by atoms with Crippen molar-refractivity contribution < 1.29 is 19.1 Å². The van der Waals surface area contributed by atoms with Crippen LogP contribution in [-0.2, 0) is 19.1 Å². The van der Waals surface area contributed by atoms with Crippen LogP contribution in [0.5, 0.6) is 0 Å². The highest BCUT2D eigenvalue weighted by Crippen LogP contribution is 2.36. The van der Waals surface area contributed by atoms with Gasteiger partial charge in [-0.1, -0.05) is 48.5 Å². The van der Waals surface area contributed by atoms with Gasteiger partial charge in [-0.25, -0.2) is 0 Å². The van der Waals surface area contributed by atoms with Crippen molar-refractivity contribution in [2.45, 2.75) is 29.9 Å². The maximum Gasteiger partial charge on any atom is 0.309 e. The average Bonchev–Trinajstić information content (AvgIpc) is 2.83. The van der Waals surface area contributed by atoms with E-state index in [1.54, 1.807) is 18.9 Å². The lowest BCUT2D eigenvalue weighted by molar-refractivity contribution is -0.151. The largest absolute Gasteiger partial charge is 0.466 e. The van der Waals surface area contributed by atoms with Crippen molar-refractivity contribution in [2.75, 3.05) is 33.3 Å². The lowest BCUT2D eigenvalue weighted by atomic mass is 9.97. The fraction of sp³-hybridized carbons (Fsp3) is 0.400. The second-order valence-corrected chi connectivity index (χ2v) is 9.00. The molecule has 1 fully saturated rings. The van der Waals surface area contributed by atoms with Crippen molar-refractivity contribution in [1.29, 1.82) is 0 Å². The van der Waals surface area contributed by atoms with E-state index in [-0.39, 0.29) is 30.2 Å². The van der Waals surface area contributed by atoms with Crippen LogP contribution in [0.2, 0.25) is 0 Å². The van der Waals surface area contributed by atoms with Crippen LogP contribution in [0.4, 0.5) is 0 Å². The van der Waals surface area contributed by atoms with E-state index < -0.39 is 5.25 Å². The fourth-order valence-electron chi connectivity index (χ4n) is 3.73. The third-order valence-corrected chi connectivity index (χ3v) is 6.79. The number of carbonyl (C=O) groups is 3. The quantitative estimate of drug-likeness (QED) is 0.449. The van der Waals surface area contributed by atoms with Crippen molar-refractivity contribution in [3.8, 4) is 0 Å². The van der Waals surface area contributed by atoms with Gasteiger partial charge in [-0.15, -0.1) is 11.8 Å². The highest BCUT2D eigenvalue weighted by atomic mass is 32.2. The predicted molar refractivity (Wildman–Crippen MR) is 125 cm³/mol. The predicted octanol–water partition coefficient (Wildman–Crippen LogP) is 3.78. The Morgan fingerprint density at radius 3 is 2.22 bits per heavy atom. The molecule has 170 valence electrons. The Morgan fingerprint density at radius 1 is 1.03 bits per heavy atom. The molecule has 2 amide bonds. The number of benzene rings is 2. The molecule has 1 heterocycles. The monoisotopic (exact) mass is 454 g/mol. The Labute approximate surface area is 193 Å². The summed E-state index contributed by atoms with van der Waals surface area (Å²) < 4.78 is 5.09. The van der Waals surface area contributed by atoms with E-state index in [0.717, 1.165) is 10.5 Å². The molecule has 6 nitrogen and oxygen atoms in total. The van der Waals surface area contributed by atoms with E-state index in [1.165, 1.54) is 16.7 Å². The summed E-state index contributed by atoms with van der Waals surface area (Å²) >= 11 is 1.48. The molecule has 0 saturated carbocycles. The maximum absolute atomic E-state index is 13.4. The number of likely N-dealkylation sites (tertiary alicyclic amines) is 1. The molecule has 1 saturated heterocycles. The SMILES string of the molecule is CCOC(=O)C1CCN(C(=O)CN(C)C(=O)C(Sc2ccccc2)c2ccccc2)CC1. The molecule has 0 bridgehead atoms. The molecular weight excluding hydrogens is 424 g/mol. The number of nitrogens with zero attached hydrogens (tertiary/aromatic N) is 2. The average molecular weight is 455 g/mol. The summed E-state index contributed by atoms with van der Waals surface area (Å²) in [5, 5.41) is -0.439. The number of hydrogen-bond acceptors (Lipinski definition) is 5. The van der Waals surface area contributed by atoms with Crippen molar-refractivity contribution in [1.82, 2.24) is 9.80 Å². The minimum atomic E-state index is -0.439. The molecule has 7 heteroatoms. The maximum atomic E-state index is 13.4. The van der Waals surface area contributed by atoms with Crippen LogP contribution in [0.3, 0.4) is 0 Å². The Balaban J connectivity index is 1.62. The zero-order valence-corrected chi connectivity index (χ0v) is 19.4. The van der Waals surface area contributed by atoms with Gasteiger partial charge in [0.05, 0.1) is 19.1 Å². The zero-order chi connectivity index (χ0) is 22.9. The second kappa shape index (κ2) is 11.7. The van der Waals surface area contributed by atoms with E-state index in [4.69, 9.17) is 4.74 Å². The molecule has 0 aromatic heterocycles. The Hall–Kier alpha value is -2.80. The van der Waals surface area contributed by atoms with Crippen LogP contribution in [-0.4, -0.2) is 60.9 Å². The first kappa shape index (κ1) is 23.9. The van der Waals surface area contributed by atoms with Gasteiger partial charge >= 0.3 is 5.97 Å². The lowest BCUT2D eigenvalue weighted by Crippen LogP contribution is -2.46. The number of thioether (sulfide) groups is 1. The summed E-state index contributed by atoms with van der Waals surface area (Å²) in [7, 11) is 1.67. The van der Waals surface area contributed by atoms with Gasteiger partial charge < -0.3 is 14.5 Å². The molecule has 32 heavy (non-hydrogen) atoms. The summed E-state index contributed by atoms with van der Waals surface area (Å²) in [6.07, 6.45) is 1.19.